The van der Waals surface area contributed by atoms with E-state index < -0.39 is 0 Å². The summed E-state index contributed by atoms with van der Waals surface area (Å²) in [5, 5.41) is 6.00. The fourth-order valence-corrected chi connectivity index (χ4v) is 4.99. The van der Waals surface area contributed by atoms with Crippen LogP contribution in [0.3, 0.4) is 0 Å². The molecule has 1 saturated carbocycles. The molecule has 5 rings (SSSR count). The third-order valence-corrected chi connectivity index (χ3v) is 7.35. The number of anilines is 2. The first-order valence-electron chi connectivity index (χ1n) is 12.8. The first kappa shape index (κ1) is 24.0. The molecule has 1 heterocycles. The molecule has 5 nitrogen and oxygen atoms in total. The van der Waals surface area contributed by atoms with E-state index in [0.717, 1.165) is 43.6 Å². The summed E-state index contributed by atoms with van der Waals surface area (Å²) < 4.78 is 13.2. The van der Waals surface area contributed by atoms with Crippen LogP contribution in [0.5, 0.6) is 0 Å². The number of halogens is 1. The summed E-state index contributed by atoms with van der Waals surface area (Å²) in [6, 6.07) is 21.8. The Balaban J connectivity index is 1.32. The minimum absolute atomic E-state index is 0.0129. The summed E-state index contributed by atoms with van der Waals surface area (Å²) in [5.41, 5.74) is 4.06. The quantitative estimate of drug-likeness (QED) is 0.449. The Kier molecular flexibility index (Phi) is 7.03. The Morgan fingerprint density at radius 3 is 2.42 bits per heavy atom. The normalized spacial score (nSPS) is 19.6. The van der Waals surface area contributed by atoms with Crippen molar-refractivity contribution < 1.29 is 14.0 Å². The van der Waals surface area contributed by atoms with Gasteiger partial charge in [0.15, 0.2) is 0 Å². The van der Waals surface area contributed by atoms with Crippen molar-refractivity contribution in [2.75, 3.05) is 23.3 Å². The van der Waals surface area contributed by atoms with Gasteiger partial charge in [0.1, 0.15) is 5.82 Å². The van der Waals surface area contributed by atoms with Gasteiger partial charge in [-0.1, -0.05) is 49.4 Å². The van der Waals surface area contributed by atoms with Gasteiger partial charge < -0.3 is 15.5 Å². The lowest BCUT2D eigenvalue weighted by Gasteiger charge is -2.33. The van der Waals surface area contributed by atoms with Crippen LogP contribution in [-0.2, 0) is 11.3 Å². The Morgan fingerprint density at radius 2 is 1.69 bits per heavy atom. The highest BCUT2D eigenvalue weighted by molar-refractivity contribution is 6.02. The number of hydrogen-bond acceptors (Lipinski definition) is 3. The second kappa shape index (κ2) is 10.5. The van der Waals surface area contributed by atoms with Crippen LogP contribution in [0.4, 0.5) is 15.8 Å². The number of rotatable bonds is 7. The van der Waals surface area contributed by atoms with Gasteiger partial charge in [-0.05, 0) is 72.6 Å². The van der Waals surface area contributed by atoms with Crippen molar-refractivity contribution in [1.82, 2.24) is 5.32 Å². The lowest BCUT2D eigenvalue weighted by Crippen LogP contribution is -2.35. The zero-order valence-electron chi connectivity index (χ0n) is 20.5. The van der Waals surface area contributed by atoms with E-state index in [0.29, 0.717) is 23.7 Å². The van der Waals surface area contributed by atoms with Gasteiger partial charge in [-0.15, -0.1) is 0 Å². The number of benzene rings is 3. The summed E-state index contributed by atoms with van der Waals surface area (Å²) >= 11 is 0. The molecule has 0 aromatic heterocycles. The molecule has 0 bridgehead atoms. The van der Waals surface area contributed by atoms with E-state index in [-0.39, 0.29) is 29.5 Å². The number of amides is 2. The third kappa shape index (κ3) is 5.59. The third-order valence-electron chi connectivity index (χ3n) is 7.35. The molecular weight excluding hydrogens is 453 g/mol. The van der Waals surface area contributed by atoms with Crippen LogP contribution < -0.4 is 15.5 Å². The monoisotopic (exact) mass is 485 g/mol. The molecule has 0 spiro atoms. The highest BCUT2D eigenvalue weighted by Crippen LogP contribution is 2.48. The predicted molar refractivity (Wildman–Crippen MR) is 141 cm³/mol. The van der Waals surface area contributed by atoms with E-state index in [1.807, 2.05) is 30.3 Å². The smallest absolute Gasteiger partial charge is 0.253 e. The Bertz CT molecular complexity index is 1220. The largest absolute Gasteiger partial charge is 0.371 e. The molecule has 1 aliphatic carbocycles. The minimum atomic E-state index is -0.305. The number of carbonyl (C=O) groups excluding carboxylic acids is 2. The number of piperidine rings is 1. The van der Waals surface area contributed by atoms with Gasteiger partial charge in [-0.25, -0.2) is 4.39 Å². The summed E-state index contributed by atoms with van der Waals surface area (Å²) in [5.74, 6) is 0.344. The molecule has 2 aliphatic rings. The molecule has 2 N–H and O–H groups in total. The topological polar surface area (TPSA) is 61.4 Å². The van der Waals surface area contributed by atoms with Gasteiger partial charge in [0, 0.05) is 36.9 Å². The molecule has 3 aromatic carbocycles. The molecule has 2 atom stereocenters. The van der Waals surface area contributed by atoms with Crippen molar-refractivity contribution in [3.8, 4) is 0 Å². The number of carbonyl (C=O) groups is 2. The van der Waals surface area contributed by atoms with Gasteiger partial charge in [-0.3, -0.25) is 9.59 Å². The van der Waals surface area contributed by atoms with E-state index in [4.69, 9.17) is 0 Å². The zero-order valence-corrected chi connectivity index (χ0v) is 20.5. The second-order valence-electron chi connectivity index (χ2n) is 10.1. The van der Waals surface area contributed by atoms with Crippen molar-refractivity contribution in [2.24, 2.45) is 11.8 Å². The molecule has 3 aromatic rings. The summed E-state index contributed by atoms with van der Waals surface area (Å²) in [7, 11) is 0. The summed E-state index contributed by atoms with van der Waals surface area (Å²) in [6.07, 6.45) is 3.00. The van der Waals surface area contributed by atoms with Gasteiger partial charge in [-0.2, -0.15) is 0 Å². The average molecular weight is 486 g/mol. The van der Waals surface area contributed by atoms with Crippen LogP contribution in [0.15, 0.2) is 72.8 Å². The van der Waals surface area contributed by atoms with Crippen molar-refractivity contribution >= 4 is 23.2 Å². The molecule has 1 aliphatic heterocycles. The Labute approximate surface area is 211 Å². The molecule has 2 fully saturated rings. The highest BCUT2D eigenvalue weighted by atomic mass is 19.1. The van der Waals surface area contributed by atoms with Gasteiger partial charge in [0.05, 0.1) is 5.56 Å². The van der Waals surface area contributed by atoms with E-state index in [1.165, 1.54) is 17.7 Å². The zero-order chi connectivity index (χ0) is 25.1. The standard InChI is InChI=1S/C30H32FN3O2/c1-20-13-15-34(16-14-20)28-12-11-24(33-30(36)26-18-25(26)22-5-3-2-4-6-22)17-27(28)29(35)32-19-21-7-9-23(31)10-8-21/h2-12,17,20,25-26H,13-16,18-19H2,1H3,(H,32,35)(H,33,36). The van der Waals surface area contributed by atoms with E-state index in [1.54, 1.807) is 18.2 Å². The molecule has 2 amide bonds. The Hall–Kier alpha value is -3.67. The lowest BCUT2D eigenvalue weighted by molar-refractivity contribution is -0.117. The molecule has 186 valence electrons. The second-order valence-corrected chi connectivity index (χ2v) is 10.1. The molecule has 2 unspecified atom stereocenters. The number of nitrogens with zero attached hydrogens (tertiary/aromatic N) is 1. The van der Waals surface area contributed by atoms with Gasteiger partial charge in [0.2, 0.25) is 5.91 Å². The fourth-order valence-electron chi connectivity index (χ4n) is 4.99. The fraction of sp³-hybridized carbons (Fsp3) is 0.333. The van der Waals surface area contributed by atoms with Crippen LogP contribution >= 0.6 is 0 Å². The summed E-state index contributed by atoms with van der Waals surface area (Å²) in [4.78, 5) is 28.5. The molecule has 0 radical (unpaired) electrons. The molecule has 6 heteroatoms. The maximum atomic E-state index is 13.3. The van der Waals surface area contributed by atoms with E-state index in [9.17, 15) is 14.0 Å². The van der Waals surface area contributed by atoms with Gasteiger partial charge in [0.25, 0.3) is 5.91 Å². The average Bonchev–Trinajstić information content (AvgIpc) is 3.71. The van der Waals surface area contributed by atoms with Crippen LogP contribution in [0.1, 0.15) is 53.6 Å². The maximum Gasteiger partial charge on any atom is 0.253 e. The van der Waals surface area contributed by atoms with Crippen molar-refractivity contribution in [3.63, 3.8) is 0 Å². The first-order valence-corrected chi connectivity index (χ1v) is 12.8. The van der Waals surface area contributed by atoms with E-state index in [2.05, 4.69) is 34.6 Å². The summed E-state index contributed by atoms with van der Waals surface area (Å²) in [6.45, 7) is 4.35. The van der Waals surface area contributed by atoms with Crippen molar-refractivity contribution in [3.05, 3.63) is 95.3 Å². The molecule has 1 saturated heterocycles. The van der Waals surface area contributed by atoms with Crippen molar-refractivity contribution in [2.45, 2.75) is 38.6 Å². The van der Waals surface area contributed by atoms with Crippen molar-refractivity contribution in [1.29, 1.82) is 0 Å². The van der Waals surface area contributed by atoms with Crippen LogP contribution in [0.25, 0.3) is 0 Å². The minimum Gasteiger partial charge on any atom is -0.371 e. The van der Waals surface area contributed by atoms with Crippen LogP contribution in [0.2, 0.25) is 0 Å². The molecular formula is C30H32FN3O2. The number of hydrogen-bond donors (Lipinski definition) is 2. The predicted octanol–water partition coefficient (Wildman–Crippen LogP) is 5.73. The molecule has 36 heavy (non-hydrogen) atoms. The van der Waals surface area contributed by atoms with Crippen LogP contribution in [0, 0.1) is 17.7 Å². The van der Waals surface area contributed by atoms with E-state index >= 15 is 0 Å². The number of nitrogens with one attached hydrogen (secondary N) is 2. The van der Waals surface area contributed by atoms with Gasteiger partial charge >= 0.3 is 0 Å². The van der Waals surface area contributed by atoms with Crippen LogP contribution in [-0.4, -0.2) is 24.9 Å². The first-order chi connectivity index (χ1) is 17.5. The lowest BCUT2D eigenvalue weighted by atomic mass is 9.97. The Morgan fingerprint density at radius 1 is 0.972 bits per heavy atom. The highest BCUT2D eigenvalue weighted by Gasteiger charge is 2.43. The maximum absolute atomic E-state index is 13.3. The SMILES string of the molecule is CC1CCN(c2ccc(NC(=O)C3CC3c3ccccc3)cc2C(=O)NCc2ccc(F)cc2)CC1.